The Bertz CT molecular complexity index is 624. The van der Waals surface area contributed by atoms with Crippen LogP contribution in [0, 0.1) is 12.3 Å². The number of hydrogen-bond acceptors (Lipinski definition) is 6. The lowest BCUT2D eigenvalue weighted by Gasteiger charge is -2.32. The van der Waals surface area contributed by atoms with Gasteiger partial charge in [0.15, 0.2) is 5.66 Å². The molecule has 126 valence electrons. The second kappa shape index (κ2) is 7.39. The number of rotatable bonds is 7. The highest BCUT2D eigenvalue weighted by atomic mass is 16.1. The van der Waals surface area contributed by atoms with Crippen LogP contribution in [0.3, 0.4) is 0 Å². The molecule has 1 N–H and O–H groups in total. The first-order chi connectivity index (χ1) is 11.7. The van der Waals surface area contributed by atoms with Crippen molar-refractivity contribution in [3.8, 4) is 12.3 Å². The molecule has 24 heavy (non-hydrogen) atoms. The molecule has 7 heteroatoms. The molecule has 0 bridgehead atoms. The van der Waals surface area contributed by atoms with E-state index in [-0.39, 0.29) is 17.6 Å². The number of nitrogens with zero attached hydrogens (tertiary/aromatic N) is 5. The lowest BCUT2D eigenvalue weighted by molar-refractivity contribution is -0.122. The molecule has 0 spiro atoms. The van der Waals surface area contributed by atoms with Gasteiger partial charge in [-0.05, 0) is 18.9 Å². The maximum atomic E-state index is 12.1. The molecule has 1 fully saturated rings. The van der Waals surface area contributed by atoms with Gasteiger partial charge in [-0.15, -0.1) is 12.3 Å². The van der Waals surface area contributed by atoms with Crippen molar-refractivity contribution in [2.75, 3.05) is 18.0 Å². The van der Waals surface area contributed by atoms with Crippen molar-refractivity contribution in [1.82, 2.24) is 15.3 Å². The molecule has 7 nitrogen and oxygen atoms in total. The van der Waals surface area contributed by atoms with Gasteiger partial charge in [0.2, 0.25) is 11.9 Å². The number of terminal acetylenes is 1. The summed E-state index contributed by atoms with van der Waals surface area (Å²) in [5, 5.41) is 11.2. The van der Waals surface area contributed by atoms with Gasteiger partial charge in [-0.3, -0.25) is 4.79 Å². The molecule has 1 saturated heterocycles. The minimum Gasteiger partial charge on any atom is -0.353 e. The molecule has 0 radical (unpaired) electrons. The van der Waals surface area contributed by atoms with Crippen LogP contribution in [-0.2, 0) is 4.79 Å². The quantitative estimate of drug-likeness (QED) is 0.776. The zero-order valence-electron chi connectivity index (χ0n) is 13.7. The Balaban J connectivity index is 1.37. The summed E-state index contributed by atoms with van der Waals surface area (Å²) >= 11 is 0. The summed E-state index contributed by atoms with van der Waals surface area (Å²) in [5.74, 6) is 3.43. The Morgan fingerprint density at radius 1 is 1.29 bits per heavy atom. The molecule has 0 aromatic carbocycles. The molecular formula is C17H22N6O. The molecule has 3 heterocycles. The first-order valence-electron chi connectivity index (χ1n) is 8.40. The highest BCUT2D eigenvalue weighted by molar-refractivity contribution is 5.76. The van der Waals surface area contributed by atoms with Crippen LogP contribution in [0.5, 0.6) is 0 Å². The van der Waals surface area contributed by atoms with E-state index in [1.54, 1.807) is 12.4 Å². The van der Waals surface area contributed by atoms with Gasteiger partial charge < -0.3 is 10.2 Å². The van der Waals surface area contributed by atoms with Gasteiger partial charge in [0.1, 0.15) is 0 Å². The van der Waals surface area contributed by atoms with Crippen LogP contribution < -0.4 is 10.2 Å². The average molecular weight is 326 g/mol. The molecule has 1 aromatic heterocycles. The maximum absolute atomic E-state index is 12.1. The molecule has 0 aliphatic carbocycles. The number of aromatic nitrogens is 2. The highest BCUT2D eigenvalue weighted by Crippen LogP contribution is 2.37. The topological polar surface area (TPSA) is 82.8 Å². The van der Waals surface area contributed by atoms with Gasteiger partial charge in [0, 0.05) is 57.2 Å². The van der Waals surface area contributed by atoms with E-state index in [9.17, 15) is 4.79 Å². The normalized spacial score (nSPS) is 18.9. The number of anilines is 1. The summed E-state index contributed by atoms with van der Waals surface area (Å²) in [6.07, 6.45) is 13.1. The molecule has 3 rings (SSSR count). The second-order valence-corrected chi connectivity index (χ2v) is 6.26. The van der Waals surface area contributed by atoms with Gasteiger partial charge in [0.05, 0.1) is 0 Å². The predicted molar refractivity (Wildman–Crippen MR) is 90.3 cm³/mol. The first kappa shape index (κ1) is 16.4. The van der Waals surface area contributed by atoms with Crippen molar-refractivity contribution in [3.05, 3.63) is 18.5 Å². The van der Waals surface area contributed by atoms with Crippen LogP contribution in [0.2, 0.25) is 0 Å². The third-order valence-electron chi connectivity index (χ3n) is 4.50. The minimum absolute atomic E-state index is 0.0711. The number of piperidine rings is 1. The molecule has 2 aliphatic rings. The summed E-state index contributed by atoms with van der Waals surface area (Å²) < 4.78 is 0. The SMILES string of the molecule is C#CCCC1(CCC(=O)NC2CCN(c3ncccn3)CC2)N=N1. The van der Waals surface area contributed by atoms with Crippen molar-refractivity contribution >= 4 is 11.9 Å². The van der Waals surface area contributed by atoms with Crippen molar-refractivity contribution in [2.24, 2.45) is 10.2 Å². The number of hydrogen-bond donors (Lipinski definition) is 1. The summed E-state index contributed by atoms with van der Waals surface area (Å²) in [6, 6.07) is 2.03. The van der Waals surface area contributed by atoms with Crippen molar-refractivity contribution in [3.63, 3.8) is 0 Å². The monoisotopic (exact) mass is 326 g/mol. The highest BCUT2D eigenvalue weighted by Gasteiger charge is 2.39. The van der Waals surface area contributed by atoms with E-state index in [4.69, 9.17) is 6.42 Å². The van der Waals surface area contributed by atoms with Crippen LogP contribution in [0.4, 0.5) is 5.95 Å². The smallest absolute Gasteiger partial charge is 0.225 e. The summed E-state index contributed by atoms with van der Waals surface area (Å²) in [4.78, 5) is 22.8. The number of carbonyl (C=O) groups is 1. The van der Waals surface area contributed by atoms with Crippen LogP contribution in [0.25, 0.3) is 0 Å². The van der Waals surface area contributed by atoms with E-state index in [1.807, 2.05) is 6.07 Å². The standard InChI is InChI=1S/C17H22N6O/c1-2-3-8-17(21-22-17)9-5-15(24)20-14-6-12-23(13-7-14)16-18-10-4-11-19-16/h1,4,10-11,14H,3,5-9,12-13H2,(H,20,24). The Labute approximate surface area is 142 Å². The van der Waals surface area contributed by atoms with Crippen LogP contribution in [0.1, 0.15) is 38.5 Å². The van der Waals surface area contributed by atoms with Crippen LogP contribution >= 0.6 is 0 Å². The van der Waals surface area contributed by atoms with Gasteiger partial charge in [0.25, 0.3) is 0 Å². The van der Waals surface area contributed by atoms with Crippen molar-refractivity contribution in [2.45, 2.75) is 50.2 Å². The minimum atomic E-state index is -0.377. The van der Waals surface area contributed by atoms with Gasteiger partial charge in [-0.2, -0.15) is 10.2 Å². The molecule has 2 aliphatic heterocycles. The van der Waals surface area contributed by atoms with Crippen LogP contribution in [0.15, 0.2) is 28.7 Å². The molecule has 0 saturated carbocycles. The predicted octanol–water partition coefficient (Wildman–Crippen LogP) is 1.92. The van der Waals surface area contributed by atoms with E-state index in [1.165, 1.54) is 0 Å². The lowest BCUT2D eigenvalue weighted by atomic mass is 10.0. The molecule has 0 unspecified atom stereocenters. The fourth-order valence-electron chi connectivity index (χ4n) is 2.96. The third-order valence-corrected chi connectivity index (χ3v) is 4.50. The van der Waals surface area contributed by atoms with E-state index < -0.39 is 0 Å². The lowest BCUT2D eigenvalue weighted by Crippen LogP contribution is -2.45. The van der Waals surface area contributed by atoms with Crippen molar-refractivity contribution in [1.29, 1.82) is 0 Å². The van der Waals surface area contributed by atoms with Gasteiger partial charge in [-0.25, -0.2) is 9.97 Å². The van der Waals surface area contributed by atoms with E-state index in [0.717, 1.165) is 38.3 Å². The number of carbonyl (C=O) groups excluding carboxylic acids is 1. The fraction of sp³-hybridized carbons (Fsp3) is 0.588. The first-order valence-corrected chi connectivity index (χ1v) is 8.40. The molecular weight excluding hydrogens is 304 g/mol. The number of nitrogens with one attached hydrogen (secondary N) is 1. The summed E-state index contributed by atoms with van der Waals surface area (Å²) in [5.41, 5.74) is -0.377. The molecule has 0 atom stereocenters. The second-order valence-electron chi connectivity index (χ2n) is 6.26. The Morgan fingerprint density at radius 2 is 2.00 bits per heavy atom. The van der Waals surface area contributed by atoms with E-state index >= 15 is 0 Å². The zero-order chi connectivity index (χ0) is 16.8. The van der Waals surface area contributed by atoms with E-state index in [2.05, 4.69) is 36.3 Å². The van der Waals surface area contributed by atoms with E-state index in [0.29, 0.717) is 19.3 Å². The summed E-state index contributed by atoms with van der Waals surface area (Å²) in [7, 11) is 0. The maximum Gasteiger partial charge on any atom is 0.225 e. The zero-order valence-corrected chi connectivity index (χ0v) is 13.7. The third kappa shape index (κ3) is 4.28. The van der Waals surface area contributed by atoms with Gasteiger partial charge in [-0.1, -0.05) is 0 Å². The Hall–Kier alpha value is -2.49. The van der Waals surface area contributed by atoms with Crippen LogP contribution in [-0.4, -0.2) is 40.7 Å². The molecule has 1 amide bonds. The largest absolute Gasteiger partial charge is 0.353 e. The average Bonchev–Trinajstić information content (AvgIpc) is 3.40. The summed E-state index contributed by atoms with van der Waals surface area (Å²) in [6.45, 7) is 1.71. The fourth-order valence-corrected chi connectivity index (χ4v) is 2.96. The Kier molecular flexibility index (Phi) is 5.04. The Morgan fingerprint density at radius 3 is 2.62 bits per heavy atom. The van der Waals surface area contributed by atoms with Crippen molar-refractivity contribution < 1.29 is 4.79 Å². The molecule has 1 aromatic rings. The van der Waals surface area contributed by atoms with Gasteiger partial charge >= 0.3 is 0 Å². The number of amides is 1.